The second kappa shape index (κ2) is 4.97. The number of aliphatic hydroxyl groups excluding tert-OH is 1. The maximum absolute atomic E-state index is 9.54. The lowest BCUT2D eigenvalue weighted by atomic mass is 9.73. The highest BCUT2D eigenvalue weighted by atomic mass is 16.6. The molecule has 1 aliphatic carbocycles. The lowest BCUT2D eigenvalue weighted by Crippen LogP contribution is -2.27. The second-order valence-corrected chi connectivity index (χ2v) is 4.49. The summed E-state index contributed by atoms with van der Waals surface area (Å²) in [4.78, 5) is 0. The van der Waals surface area contributed by atoms with Gasteiger partial charge >= 0.3 is 0 Å². The molecule has 0 heterocycles. The smallest absolute Gasteiger partial charge is 0.155 e. The molecule has 13 heavy (non-hydrogen) atoms. The summed E-state index contributed by atoms with van der Waals surface area (Å²) in [5, 5.41) is 9.54. The Balaban J connectivity index is 2.31. The zero-order chi connectivity index (χ0) is 9.73. The molecule has 0 radical (unpaired) electrons. The molecule has 1 N–H and O–H groups in total. The third kappa shape index (κ3) is 3.65. The van der Waals surface area contributed by atoms with Crippen LogP contribution < -0.4 is 0 Å². The standard InChI is InChI=1S/C11H22O2/c1-3-13-10(12)9-11(2)7-5-4-6-8-11/h10,12H,3-9H2,1-2H3. The van der Waals surface area contributed by atoms with Crippen molar-refractivity contribution in [2.24, 2.45) is 5.41 Å². The van der Waals surface area contributed by atoms with Crippen LogP contribution in [0.2, 0.25) is 0 Å². The van der Waals surface area contributed by atoms with Gasteiger partial charge in [0.25, 0.3) is 0 Å². The molecule has 2 heteroatoms. The van der Waals surface area contributed by atoms with E-state index in [4.69, 9.17) is 4.74 Å². The summed E-state index contributed by atoms with van der Waals surface area (Å²) in [6, 6.07) is 0. The van der Waals surface area contributed by atoms with Crippen LogP contribution in [0.5, 0.6) is 0 Å². The van der Waals surface area contributed by atoms with Gasteiger partial charge < -0.3 is 9.84 Å². The highest BCUT2D eigenvalue weighted by Crippen LogP contribution is 2.39. The fourth-order valence-electron chi connectivity index (χ4n) is 2.28. The summed E-state index contributed by atoms with van der Waals surface area (Å²) in [6.45, 7) is 4.80. The molecule has 1 atom stereocenters. The maximum atomic E-state index is 9.54. The number of hydrogen-bond acceptors (Lipinski definition) is 2. The van der Waals surface area contributed by atoms with Crippen molar-refractivity contribution in [3.8, 4) is 0 Å². The van der Waals surface area contributed by atoms with Crippen LogP contribution in [0.15, 0.2) is 0 Å². The van der Waals surface area contributed by atoms with Gasteiger partial charge in [-0.05, 0) is 25.2 Å². The molecule has 2 nitrogen and oxygen atoms in total. The molecule has 0 saturated heterocycles. The van der Waals surface area contributed by atoms with E-state index in [1.165, 1.54) is 32.1 Å². The highest BCUT2D eigenvalue weighted by Gasteiger charge is 2.29. The van der Waals surface area contributed by atoms with Gasteiger partial charge in [-0.25, -0.2) is 0 Å². The number of hydrogen-bond donors (Lipinski definition) is 1. The van der Waals surface area contributed by atoms with E-state index in [2.05, 4.69) is 6.92 Å². The molecule has 0 bridgehead atoms. The van der Waals surface area contributed by atoms with Gasteiger partial charge in [0.1, 0.15) is 0 Å². The Morgan fingerprint density at radius 3 is 2.46 bits per heavy atom. The highest BCUT2D eigenvalue weighted by molar-refractivity contribution is 4.79. The van der Waals surface area contributed by atoms with Gasteiger partial charge in [0.15, 0.2) is 6.29 Å². The van der Waals surface area contributed by atoms with E-state index in [9.17, 15) is 5.11 Å². The maximum Gasteiger partial charge on any atom is 0.155 e. The SMILES string of the molecule is CCOC(O)CC1(C)CCCCC1. The van der Waals surface area contributed by atoms with Gasteiger partial charge in [-0.15, -0.1) is 0 Å². The molecule has 0 amide bonds. The van der Waals surface area contributed by atoms with Crippen molar-refractivity contribution in [1.82, 2.24) is 0 Å². The number of ether oxygens (including phenoxy) is 1. The molecule has 1 aliphatic rings. The van der Waals surface area contributed by atoms with Gasteiger partial charge in [-0.1, -0.05) is 26.2 Å². The third-order valence-electron chi connectivity index (χ3n) is 3.09. The summed E-state index contributed by atoms with van der Waals surface area (Å²) in [5.74, 6) is 0. The molecule has 78 valence electrons. The minimum Gasteiger partial charge on any atom is -0.368 e. The zero-order valence-electron chi connectivity index (χ0n) is 8.88. The van der Waals surface area contributed by atoms with Gasteiger partial charge in [-0.2, -0.15) is 0 Å². The van der Waals surface area contributed by atoms with Gasteiger partial charge in [0, 0.05) is 13.0 Å². The fraction of sp³-hybridized carbons (Fsp3) is 1.00. The van der Waals surface area contributed by atoms with Crippen LogP contribution in [0.3, 0.4) is 0 Å². The van der Waals surface area contributed by atoms with Crippen LogP contribution in [-0.4, -0.2) is 18.0 Å². The van der Waals surface area contributed by atoms with E-state index >= 15 is 0 Å². The normalized spacial score (nSPS) is 24.2. The van der Waals surface area contributed by atoms with E-state index < -0.39 is 6.29 Å². The lowest BCUT2D eigenvalue weighted by Gasteiger charge is -2.34. The van der Waals surface area contributed by atoms with Crippen molar-refractivity contribution in [3.05, 3.63) is 0 Å². The Hall–Kier alpha value is -0.0800. The van der Waals surface area contributed by atoms with Crippen molar-refractivity contribution in [1.29, 1.82) is 0 Å². The number of rotatable bonds is 4. The Morgan fingerprint density at radius 1 is 1.31 bits per heavy atom. The van der Waals surface area contributed by atoms with Crippen LogP contribution in [0.1, 0.15) is 52.4 Å². The average Bonchev–Trinajstić information content (AvgIpc) is 2.04. The first-order valence-electron chi connectivity index (χ1n) is 5.46. The molecule has 1 rings (SSSR count). The van der Waals surface area contributed by atoms with E-state index in [1.807, 2.05) is 6.92 Å². The van der Waals surface area contributed by atoms with Crippen molar-refractivity contribution in [2.75, 3.05) is 6.61 Å². The molecule has 0 aromatic carbocycles. The van der Waals surface area contributed by atoms with Crippen molar-refractivity contribution < 1.29 is 9.84 Å². The van der Waals surface area contributed by atoms with Gasteiger partial charge in [0.05, 0.1) is 0 Å². The van der Waals surface area contributed by atoms with Crippen molar-refractivity contribution >= 4 is 0 Å². The Kier molecular flexibility index (Phi) is 4.20. The first kappa shape index (κ1) is 11.0. The van der Waals surface area contributed by atoms with Crippen LogP contribution in [-0.2, 0) is 4.74 Å². The molecule has 0 aromatic heterocycles. The minimum absolute atomic E-state index is 0.326. The molecule has 1 unspecified atom stereocenters. The Labute approximate surface area is 81.3 Å². The predicted octanol–water partition coefficient (Wildman–Crippen LogP) is 2.70. The average molecular weight is 186 g/mol. The lowest BCUT2D eigenvalue weighted by molar-refractivity contribution is -0.121. The summed E-state index contributed by atoms with van der Waals surface area (Å²) < 4.78 is 5.17. The van der Waals surface area contributed by atoms with Crippen LogP contribution in [0, 0.1) is 5.41 Å². The minimum atomic E-state index is -0.548. The van der Waals surface area contributed by atoms with E-state index in [0.717, 1.165) is 6.42 Å². The molecular weight excluding hydrogens is 164 g/mol. The molecule has 0 aliphatic heterocycles. The number of aliphatic hydroxyl groups is 1. The second-order valence-electron chi connectivity index (χ2n) is 4.49. The molecule has 0 spiro atoms. The van der Waals surface area contributed by atoms with E-state index in [-0.39, 0.29) is 0 Å². The van der Waals surface area contributed by atoms with E-state index in [1.54, 1.807) is 0 Å². The molecule has 1 saturated carbocycles. The third-order valence-corrected chi connectivity index (χ3v) is 3.09. The molecule has 0 aromatic rings. The van der Waals surface area contributed by atoms with Crippen LogP contribution in [0.25, 0.3) is 0 Å². The first-order valence-corrected chi connectivity index (χ1v) is 5.46. The quantitative estimate of drug-likeness (QED) is 0.684. The van der Waals surface area contributed by atoms with Crippen LogP contribution >= 0.6 is 0 Å². The summed E-state index contributed by atoms with van der Waals surface area (Å²) >= 11 is 0. The summed E-state index contributed by atoms with van der Waals surface area (Å²) in [5.41, 5.74) is 0.326. The van der Waals surface area contributed by atoms with E-state index in [0.29, 0.717) is 12.0 Å². The van der Waals surface area contributed by atoms with Crippen molar-refractivity contribution in [3.63, 3.8) is 0 Å². The predicted molar refractivity (Wildman–Crippen MR) is 53.4 cm³/mol. The fourth-order valence-corrected chi connectivity index (χ4v) is 2.28. The van der Waals surface area contributed by atoms with Gasteiger partial charge in [-0.3, -0.25) is 0 Å². The summed E-state index contributed by atoms with van der Waals surface area (Å²) in [6.07, 6.45) is 6.74. The summed E-state index contributed by atoms with van der Waals surface area (Å²) in [7, 11) is 0. The van der Waals surface area contributed by atoms with Crippen LogP contribution in [0.4, 0.5) is 0 Å². The zero-order valence-corrected chi connectivity index (χ0v) is 8.88. The molecular formula is C11H22O2. The first-order chi connectivity index (χ1) is 6.16. The monoisotopic (exact) mass is 186 g/mol. The Morgan fingerprint density at radius 2 is 1.92 bits per heavy atom. The largest absolute Gasteiger partial charge is 0.368 e. The van der Waals surface area contributed by atoms with Gasteiger partial charge in [0.2, 0.25) is 0 Å². The molecule has 1 fully saturated rings. The topological polar surface area (TPSA) is 29.5 Å². The van der Waals surface area contributed by atoms with Crippen molar-refractivity contribution in [2.45, 2.75) is 58.7 Å². The Bertz CT molecular complexity index is 139.